The van der Waals surface area contributed by atoms with Crippen LogP contribution in [0.4, 0.5) is 0 Å². The summed E-state index contributed by atoms with van der Waals surface area (Å²) in [4.78, 5) is 10.8. The van der Waals surface area contributed by atoms with Crippen molar-refractivity contribution in [1.82, 2.24) is 5.16 Å². The zero-order chi connectivity index (χ0) is 17.1. The molecular formula is C18H14ClNO4. The van der Waals surface area contributed by atoms with E-state index in [0.29, 0.717) is 16.5 Å². The van der Waals surface area contributed by atoms with Gasteiger partial charge in [0.1, 0.15) is 11.4 Å². The Balaban J connectivity index is 1.85. The van der Waals surface area contributed by atoms with Crippen molar-refractivity contribution in [1.29, 1.82) is 0 Å². The number of carboxylic acids is 1. The molecule has 3 rings (SSSR count). The SMILES string of the molecule is CC(Oc1ccc(-c2cc(-c3ccccc3)no2)cc1Cl)C(=O)O. The van der Waals surface area contributed by atoms with Gasteiger partial charge in [0.25, 0.3) is 0 Å². The van der Waals surface area contributed by atoms with Crippen molar-refractivity contribution in [2.45, 2.75) is 13.0 Å². The average Bonchev–Trinajstić information content (AvgIpc) is 3.07. The Labute approximate surface area is 143 Å². The third-order valence-corrected chi connectivity index (χ3v) is 3.74. The first kappa shape index (κ1) is 16.1. The Morgan fingerprint density at radius 3 is 2.58 bits per heavy atom. The van der Waals surface area contributed by atoms with Gasteiger partial charge in [-0.05, 0) is 25.1 Å². The Bertz CT molecular complexity index is 860. The van der Waals surface area contributed by atoms with Crippen LogP contribution in [0.15, 0.2) is 59.1 Å². The smallest absolute Gasteiger partial charge is 0.344 e. The van der Waals surface area contributed by atoms with Crippen LogP contribution in [0.2, 0.25) is 5.02 Å². The molecule has 122 valence electrons. The molecule has 0 saturated carbocycles. The lowest BCUT2D eigenvalue weighted by atomic mass is 10.1. The third kappa shape index (κ3) is 3.41. The minimum atomic E-state index is -1.06. The number of aliphatic carboxylic acids is 1. The molecule has 0 amide bonds. The molecule has 0 fully saturated rings. The highest BCUT2D eigenvalue weighted by Gasteiger charge is 2.16. The van der Waals surface area contributed by atoms with Crippen molar-refractivity contribution in [3.8, 4) is 28.3 Å². The quantitative estimate of drug-likeness (QED) is 0.737. The number of rotatable bonds is 5. The van der Waals surface area contributed by atoms with Gasteiger partial charge >= 0.3 is 5.97 Å². The molecule has 6 heteroatoms. The molecule has 0 spiro atoms. The van der Waals surface area contributed by atoms with Gasteiger partial charge in [-0.2, -0.15) is 0 Å². The van der Waals surface area contributed by atoms with Crippen LogP contribution in [0, 0.1) is 0 Å². The van der Waals surface area contributed by atoms with Crippen LogP contribution < -0.4 is 4.74 Å². The van der Waals surface area contributed by atoms with Crippen LogP contribution >= 0.6 is 11.6 Å². The van der Waals surface area contributed by atoms with Crippen LogP contribution in [-0.4, -0.2) is 22.3 Å². The molecule has 1 heterocycles. The van der Waals surface area contributed by atoms with Gasteiger partial charge in [0, 0.05) is 17.2 Å². The third-order valence-electron chi connectivity index (χ3n) is 3.45. The van der Waals surface area contributed by atoms with E-state index in [9.17, 15) is 4.79 Å². The van der Waals surface area contributed by atoms with Gasteiger partial charge in [-0.15, -0.1) is 0 Å². The largest absolute Gasteiger partial charge is 0.479 e. The molecule has 1 unspecified atom stereocenters. The molecule has 5 nitrogen and oxygen atoms in total. The highest BCUT2D eigenvalue weighted by molar-refractivity contribution is 6.32. The Kier molecular flexibility index (Phi) is 4.53. The van der Waals surface area contributed by atoms with E-state index < -0.39 is 12.1 Å². The molecule has 0 bridgehead atoms. The number of hydrogen-bond acceptors (Lipinski definition) is 4. The predicted octanol–water partition coefficient (Wildman–Crippen LogP) is 4.51. The maximum absolute atomic E-state index is 10.8. The standard InChI is InChI=1S/C18H14ClNO4/c1-11(18(21)22)23-16-8-7-13(9-14(16)19)17-10-15(20-24-17)12-5-3-2-4-6-12/h2-11H,1H3,(H,21,22). The minimum absolute atomic E-state index is 0.304. The fourth-order valence-corrected chi connectivity index (χ4v) is 2.37. The fraction of sp³-hybridized carbons (Fsp3) is 0.111. The van der Waals surface area contributed by atoms with E-state index in [1.54, 1.807) is 18.2 Å². The molecule has 1 N–H and O–H groups in total. The van der Waals surface area contributed by atoms with E-state index in [1.807, 2.05) is 36.4 Å². The van der Waals surface area contributed by atoms with Crippen molar-refractivity contribution in [3.63, 3.8) is 0 Å². The number of carboxylic acid groups (broad SMARTS) is 1. The molecular weight excluding hydrogens is 330 g/mol. The first-order chi connectivity index (χ1) is 11.5. The highest BCUT2D eigenvalue weighted by atomic mass is 35.5. The number of hydrogen-bond donors (Lipinski definition) is 1. The zero-order valence-corrected chi connectivity index (χ0v) is 13.5. The average molecular weight is 344 g/mol. The van der Waals surface area contributed by atoms with Crippen molar-refractivity contribution in [3.05, 3.63) is 59.6 Å². The van der Waals surface area contributed by atoms with Crippen LogP contribution in [0.1, 0.15) is 6.92 Å². The summed E-state index contributed by atoms with van der Waals surface area (Å²) in [7, 11) is 0. The molecule has 0 saturated heterocycles. The van der Waals surface area contributed by atoms with Gasteiger partial charge < -0.3 is 14.4 Å². The van der Waals surface area contributed by atoms with Crippen LogP contribution in [0.5, 0.6) is 5.75 Å². The van der Waals surface area contributed by atoms with Crippen LogP contribution in [0.3, 0.4) is 0 Å². The summed E-state index contributed by atoms with van der Waals surface area (Å²) >= 11 is 6.17. The predicted molar refractivity (Wildman–Crippen MR) is 90.1 cm³/mol. The van der Waals surface area contributed by atoms with E-state index in [1.165, 1.54) is 6.92 Å². The number of halogens is 1. The van der Waals surface area contributed by atoms with E-state index >= 15 is 0 Å². The maximum Gasteiger partial charge on any atom is 0.344 e. The summed E-state index contributed by atoms with van der Waals surface area (Å²) in [5.74, 6) is -0.190. The lowest BCUT2D eigenvalue weighted by Gasteiger charge is -2.12. The first-order valence-corrected chi connectivity index (χ1v) is 7.64. The summed E-state index contributed by atoms with van der Waals surface area (Å²) in [6, 6.07) is 16.5. The normalized spacial score (nSPS) is 11.9. The molecule has 1 atom stereocenters. The maximum atomic E-state index is 10.8. The van der Waals surface area contributed by atoms with Crippen molar-refractivity contribution >= 4 is 17.6 Å². The minimum Gasteiger partial charge on any atom is -0.479 e. The van der Waals surface area contributed by atoms with Gasteiger partial charge in [0.2, 0.25) is 0 Å². The van der Waals surface area contributed by atoms with E-state index in [4.69, 9.17) is 26.0 Å². The zero-order valence-electron chi connectivity index (χ0n) is 12.8. The first-order valence-electron chi connectivity index (χ1n) is 7.26. The topological polar surface area (TPSA) is 72.6 Å². The van der Waals surface area contributed by atoms with Gasteiger partial charge in [-0.3, -0.25) is 0 Å². The van der Waals surface area contributed by atoms with Crippen molar-refractivity contribution in [2.75, 3.05) is 0 Å². The number of carbonyl (C=O) groups is 1. The lowest BCUT2D eigenvalue weighted by molar-refractivity contribution is -0.144. The number of benzene rings is 2. The molecule has 0 aliphatic heterocycles. The Hall–Kier alpha value is -2.79. The second-order valence-corrected chi connectivity index (χ2v) is 5.59. The molecule has 0 radical (unpaired) electrons. The van der Waals surface area contributed by atoms with Gasteiger partial charge in [0.15, 0.2) is 11.9 Å². The summed E-state index contributed by atoms with van der Waals surface area (Å²) in [5, 5.41) is 13.2. The second-order valence-electron chi connectivity index (χ2n) is 5.19. The number of aromatic nitrogens is 1. The number of ether oxygens (including phenoxy) is 1. The Morgan fingerprint density at radius 1 is 1.17 bits per heavy atom. The summed E-state index contributed by atoms with van der Waals surface area (Å²) < 4.78 is 10.7. The van der Waals surface area contributed by atoms with Crippen molar-refractivity contribution in [2.24, 2.45) is 0 Å². The monoisotopic (exact) mass is 343 g/mol. The fourth-order valence-electron chi connectivity index (χ4n) is 2.15. The van der Waals surface area contributed by atoms with E-state index in [2.05, 4.69) is 5.16 Å². The van der Waals surface area contributed by atoms with Crippen LogP contribution in [0.25, 0.3) is 22.6 Å². The van der Waals surface area contributed by atoms with E-state index in [0.717, 1.165) is 16.8 Å². The lowest BCUT2D eigenvalue weighted by Crippen LogP contribution is -2.22. The summed E-state index contributed by atoms with van der Waals surface area (Å²) in [6.45, 7) is 1.44. The van der Waals surface area contributed by atoms with Gasteiger partial charge in [-0.25, -0.2) is 4.79 Å². The number of nitrogens with zero attached hydrogens (tertiary/aromatic N) is 1. The molecule has 24 heavy (non-hydrogen) atoms. The molecule has 0 aliphatic rings. The van der Waals surface area contributed by atoms with Gasteiger partial charge in [-0.1, -0.05) is 47.1 Å². The van der Waals surface area contributed by atoms with E-state index in [-0.39, 0.29) is 0 Å². The molecule has 1 aromatic heterocycles. The molecule has 0 aliphatic carbocycles. The molecule has 2 aromatic carbocycles. The summed E-state index contributed by atoms with van der Waals surface area (Å²) in [6.07, 6.45) is -0.983. The second kappa shape index (κ2) is 6.76. The van der Waals surface area contributed by atoms with Crippen molar-refractivity contribution < 1.29 is 19.2 Å². The summed E-state index contributed by atoms with van der Waals surface area (Å²) in [5.41, 5.74) is 2.40. The van der Waals surface area contributed by atoms with Gasteiger partial charge in [0.05, 0.1) is 5.02 Å². The Morgan fingerprint density at radius 2 is 1.92 bits per heavy atom. The van der Waals surface area contributed by atoms with Crippen LogP contribution in [-0.2, 0) is 4.79 Å². The molecule has 3 aromatic rings. The highest BCUT2D eigenvalue weighted by Crippen LogP contribution is 2.32.